The molecule has 0 aliphatic rings. The van der Waals surface area contributed by atoms with Gasteiger partial charge in [0.25, 0.3) is 0 Å². The number of rotatable bonds is 4. The number of nitrogens with one attached hydrogen (secondary N) is 2. The predicted molar refractivity (Wildman–Crippen MR) is 50.2 cm³/mol. The highest BCUT2D eigenvalue weighted by Gasteiger charge is 1.90. The molecule has 2 N–H and O–H groups in total. The van der Waals surface area contributed by atoms with Gasteiger partial charge < -0.3 is 10.6 Å². The maximum absolute atomic E-state index is 3.59. The second-order valence-corrected chi connectivity index (χ2v) is 2.13. The third kappa shape index (κ3) is 3.50. The highest BCUT2D eigenvalue weighted by Crippen LogP contribution is 1.97. The molecule has 2 nitrogen and oxygen atoms in total. The predicted octanol–water partition coefficient (Wildman–Crippen LogP) is 1.40. The van der Waals surface area contributed by atoms with Gasteiger partial charge in [-0.15, -0.1) is 0 Å². The zero-order valence-electron chi connectivity index (χ0n) is 7.44. The molecule has 0 rings (SSSR count). The van der Waals surface area contributed by atoms with Crippen molar-refractivity contribution < 1.29 is 0 Å². The van der Waals surface area contributed by atoms with Crippen LogP contribution in [0.25, 0.3) is 0 Å². The molecule has 0 saturated heterocycles. The summed E-state index contributed by atoms with van der Waals surface area (Å²) >= 11 is 0. The van der Waals surface area contributed by atoms with E-state index in [2.05, 4.69) is 17.2 Å². The van der Waals surface area contributed by atoms with Crippen LogP contribution in [0.2, 0.25) is 0 Å². The molecule has 0 bridgehead atoms. The molecule has 0 radical (unpaired) electrons. The van der Waals surface area contributed by atoms with E-state index in [1.165, 1.54) is 0 Å². The first kappa shape index (κ1) is 9.82. The van der Waals surface area contributed by atoms with Crippen molar-refractivity contribution in [1.82, 2.24) is 10.6 Å². The van der Waals surface area contributed by atoms with Crippen LogP contribution in [0.4, 0.5) is 0 Å². The van der Waals surface area contributed by atoms with E-state index in [0.717, 1.165) is 11.4 Å². The zero-order chi connectivity index (χ0) is 8.69. The fourth-order valence-electron chi connectivity index (χ4n) is 0.695. The minimum absolute atomic E-state index is 1.08. The first-order valence-corrected chi connectivity index (χ1v) is 3.61. The van der Waals surface area contributed by atoms with Crippen molar-refractivity contribution in [2.24, 2.45) is 0 Å². The summed E-state index contributed by atoms with van der Waals surface area (Å²) in [7, 11) is 3.79. The molecule has 0 aliphatic carbocycles. The molecule has 0 atom stereocenters. The van der Waals surface area contributed by atoms with Gasteiger partial charge in [-0.05, 0) is 13.0 Å². The minimum Gasteiger partial charge on any atom is -0.390 e. The Hall–Kier alpha value is -1.18. The van der Waals surface area contributed by atoms with E-state index in [0.29, 0.717) is 0 Å². The summed E-state index contributed by atoms with van der Waals surface area (Å²) in [4.78, 5) is 0. The number of likely N-dealkylation sites (N-methyl/N-ethyl adjacent to an activating group) is 1. The molecular formula is C9H16N2. The lowest BCUT2D eigenvalue weighted by molar-refractivity contribution is 0.904. The Bertz CT molecular complexity index is 178. The van der Waals surface area contributed by atoms with Crippen LogP contribution in [-0.4, -0.2) is 14.1 Å². The Balaban J connectivity index is 4.37. The van der Waals surface area contributed by atoms with Crippen molar-refractivity contribution >= 4 is 0 Å². The molecule has 11 heavy (non-hydrogen) atoms. The number of hydrogen-bond donors (Lipinski definition) is 2. The van der Waals surface area contributed by atoms with E-state index < -0.39 is 0 Å². The largest absolute Gasteiger partial charge is 0.390 e. The quantitative estimate of drug-likeness (QED) is 0.595. The summed E-state index contributed by atoms with van der Waals surface area (Å²) in [5.41, 5.74) is 2.19. The molecule has 0 fully saturated rings. The zero-order valence-corrected chi connectivity index (χ0v) is 7.44. The van der Waals surface area contributed by atoms with Crippen LogP contribution >= 0.6 is 0 Å². The van der Waals surface area contributed by atoms with Crippen LogP contribution in [0.1, 0.15) is 6.92 Å². The summed E-state index contributed by atoms with van der Waals surface area (Å²) in [6, 6.07) is 0. The van der Waals surface area contributed by atoms with E-state index in [1.807, 2.05) is 33.2 Å². The van der Waals surface area contributed by atoms with Crippen molar-refractivity contribution in [3.05, 3.63) is 36.2 Å². The SMILES string of the molecule is C=C/C=C\C(NC)=C(/C)NC. The fraction of sp³-hybridized carbons (Fsp3) is 0.333. The number of hydrogen-bond acceptors (Lipinski definition) is 2. The normalized spacial score (nSPS) is 12.6. The van der Waals surface area contributed by atoms with Gasteiger partial charge in [-0.25, -0.2) is 0 Å². The second-order valence-electron chi connectivity index (χ2n) is 2.13. The summed E-state index contributed by atoms with van der Waals surface area (Å²) in [5, 5.41) is 6.13. The maximum atomic E-state index is 3.59. The lowest BCUT2D eigenvalue weighted by Gasteiger charge is -2.06. The first-order valence-electron chi connectivity index (χ1n) is 3.61. The maximum Gasteiger partial charge on any atom is 0.0527 e. The van der Waals surface area contributed by atoms with Crippen LogP contribution in [-0.2, 0) is 0 Å². The highest BCUT2D eigenvalue weighted by molar-refractivity contribution is 5.23. The molecule has 0 aromatic carbocycles. The fourth-order valence-corrected chi connectivity index (χ4v) is 0.695. The summed E-state index contributed by atoms with van der Waals surface area (Å²) in [6.07, 6.45) is 5.62. The smallest absolute Gasteiger partial charge is 0.0527 e. The third-order valence-corrected chi connectivity index (χ3v) is 1.45. The second kappa shape index (κ2) is 5.59. The monoisotopic (exact) mass is 152 g/mol. The van der Waals surface area contributed by atoms with Crippen molar-refractivity contribution in [3.8, 4) is 0 Å². The van der Waals surface area contributed by atoms with Crippen molar-refractivity contribution in [1.29, 1.82) is 0 Å². The van der Waals surface area contributed by atoms with E-state index in [-0.39, 0.29) is 0 Å². The lowest BCUT2D eigenvalue weighted by Crippen LogP contribution is -2.13. The van der Waals surface area contributed by atoms with Gasteiger partial charge in [0.05, 0.1) is 5.70 Å². The van der Waals surface area contributed by atoms with Gasteiger partial charge in [-0.2, -0.15) is 0 Å². The van der Waals surface area contributed by atoms with Gasteiger partial charge in [0, 0.05) is 19.8 Å². The molecule has 0 saturated carbocycles. The Kier molecular flexibility index (Phi) is 4.99. The summed E-state index contributed by atoms with van der Waals surface area (Å²) in [6.45, 7) is 5.61. The molecule has 0 aromatic rings. The molecule has 0 unspecified atom stereocenters. The van der Waals surface area contributed by atoms with Gasteiger partial charge >= 0.3 is 0 Å². The summed E-state index contributed by atoms with van der Waals surface area (Å²) < 4.78 is 0. The Morgan fingerprint density at radius 1 is 1.27 bits per heavy atom. The van der Waals surface area contributed by atoms with Gasteiger partial charge in [0.15, 0.2) is 0 Å². The Morgan fingerprint density at radius 3 is 2.27 bits per heavy atom. The van der Waals surface area contributed by atoms with E-state index in [9.17, 15) is 0 Å². The van der Waals surface area contributed by atoms with E-state index >= 15 is 0 Å². The van der Waals surface area contributed by atoms with Crippen molar-refractivity contribution in [2.45, 2.75) is 6.92 Å². The Morgan fingerprint density at radius 2 is 1.91 bits per heavy atom. The van der Waals surface area contributed by atoms with E-state index in [4.69, 9.17) is 0 Å². The molecular weight excluding hydrogens is 136 g/mol. The van der Waals surface area contributed by atoms with Crippen molar-refractivity contribution in [2.75, 3.05) is 14.1 Å². The van der Waals surface area contributed by atoms with Gasteiger partial charge in [-0.3, -0.25) is 0 Å². The summed E-state index contributed by atoms with van der Waals surface area (Å²) in [5.74, 6) is 0. The topological polar surface area (TPSA) is 24.1 Å². The number of allylic oxidation sites excluding steroid dienone is 4. The molecule has 62 valence electrons. The van der Waals surface area contributed by atoms with Crippen molar-refractivity contribution in [3.63, 3.8) is 0 Å². The van der Waals surface area contributed by atoms with E-state index in [1.54, 1.807) is 6.08 Å². The van der Waals surface area contributed by atoms with Crippen LogP contribution < -0.4 is 10.6 Å². The van der Waals surface area contributed by atoms with Crippen LogP contribution in [0.5, 0.6) is 0 Å². The average molecular weight is 152 g/mol. The Labute approximate surface area is 68.7 Å². The van der Waals surface area contributed by atoms with Gasteiger partial charge in [-0.1, -0.05) is 18.7 Å². The molecule has 2 heteroatoms. The average Bonchev–Trinajstić information content (AvgIpc) is 2.05. The lowest BCUT2D eigenvalue weighted by atomic mass is 10.3. The molecule has 0 spiro atoms. The standard InChI is InChI=1S/C9H16N2/c1-5-6-7-9(11-4)8(2)10-3/h5-7,10-11H,1H2,2-4H3/b7-6-,9-8-. The highest BCUT2D eigenvalue weighted by atomic mass is 14.9. The van der Waals surface area contributed by atoms with Crippen LogP contribution in [0, 0.1) is 0 Å². The molecule has 0 heterocycles. The van der Waals surface area contributed by atoms with Crippen LogP contribution in [0.15, 0.2) is 36.2 Å². The first-order chi connectivity index (χ1) is 5.26. The molecule has 0 aromatic heterocycles. The van der Waals surface area contributed by atoms with Gasteiger partial charge in [0.2, 0.25) is 0 Å². The van der Waals surface area contributed by atoms with Gasteiger partial charge in [0.1, 0.15) is 0 Å². The minimum atomic E-state index is 1.08. The third-order valence-electron chi connectivity index (χ3n) is 1.45. The molecule has 0 aliphatic heterocycles. The van der Waals surface area contributed by atoms with Crippen LogP contribution in [0.3, 0.4) is 0 Å². The molecule has 0 amide bonds.